The molecule has 2 aliphatic rings. The predicted molar refractivity (Wildman–Crippen MR) is 106 cm³/mol. The summed E-state index contributed by atoms with van der Waals surface area (Å²) in [5, 5.41) is 0. The minimum absolute atomic E-state index is 0.493. The van der Waals surface area contributed by atoms with Crippen molar-refractivity contribution in [2.75, 3.05) is 0 Å². The third-order valence-corrected chi connectivity index (χ3v) is 30.5. The molecular weight excluding hydrogens is 407 g/mol. The third kappa shape index (κ3) is 2.77. The van der Waals surface area contributed by atoms with Gasteiger partial charge in [0, 0.05) is 0 Å². The fourth-order valence-corrected chi connectivity index (χ4v) is 33.7. The number of allylic oxidation sites excluding steroid dienone is 2. The van der Waals surface area contributed by atoms with Crippen molar-refractivity contribution < 1.29 is 19.1 Å². The molecule has 2 unspecified atom stereocenters. The van der Waals surface area contributed by atoms with E-state index in [9.17, 15) is 0 Å². The van der Waals surface area contributed by atoms with Crippen molar-refractivity contribution >= 4 is 29.5 Å². The van der Waals surface area contributed by atoms with Crippen LogP contribution in [0, 0.1) is 0 Å². The second-order valence-corrected chi connectivity index (χ2v) is 25.4. The number of rotatable bonds is 4. The first kappa shape index (κ1) is 16.8. The Kier molecular flexibility index (Phi) is 4.58. The Morgan fingerprint density at radius 3 is 1.75 bits per heavy atom. The fraction of sp³-hybridized carbons (Fsp3) is 0.238. The van der Waals surface area contributed by atoms with E-state index in [0.717, 1.165) is 0 Å². The van der Waals surface area contributed by atoms with Crippen LogP contribution in [0.1, 0.15) is 29.5 Å². The van der Waals surface area contributed by atoms with Gasteiger partial charge in [-0.15, -0.1) is 0 Å². The molecule has 2 atom stereocenters. The Hall–Kier alpha value is -0.690. The Morgan fingerprint density at radius 2 is 1.29 bits per heavy atom. The second-order valence-electron chi connectivity index (χ2n) is 7.46. The molecule has 3 heteroatoms. The molecule has 0 saturated carbocycles. The molecule has 0 radical (unpaired) electrons. The van der Waals surface area contributed by atoms with Crippen molar-refractivity contribution in [3.63, 3.8) is 0 Å². The zero-order valence-corrected chi connectivity index (χ0v) is 18.6. The summed E-state index contributed by atoms with van der Waals surface area (Å²) in [5.74, 6) is 0. The summed E-state index contributed by atoms with van der Waals surface area (Å²) < 4.78 is 2.32. The van der Waals surface area contributed by atoms with E-state index in [2.05, 4.69) is 85.9 Å². The molecular formula is C21H23ClSiZr. The molecule has 0 nitrogen and oxygen atoms in total. The molecule has 2 aromatic rings. The summed E-state index contributed by atoms with van der Waals surface area (Å²) in [5.41, 5.74) is 5.72. The average Bonchev–Trinajstić information content (AvgIpc) is 3.19. The van der Waals surface area contributed by atoms with Crippen molar-refractivity contribution in [2.24, 2.45) is 0 Å². The van der Waals surface area contributed by atoms with Crippen LogP contribution in [0.25, 0.3) is 12.2 Å². The molecule has 0 saturated heterocycles. The van der Waals surface area contributed by atoms with E-state index in [1.165, 1.54) is 26.0 Å². The van der Waals surface area contributed by atoms with Crippen molar-refractivity contribution in [1.82, 2.24) is 0 Å². The minimum atomic E-state index is -3.02. The average molecular weight is 430 g/mol. The van der Waals surface area contributed by atoms with E-state index in [4.69, 9.17) is 8.51 Å². The van der Waals surface area contributed by atoms with Gasteiger partial charge in [0.25, 0.3) is 0 Å². The fourth-order valence-electron chi connectivity index (χ4n) is 4.41. The maximum absolute atomic E-state index is 7.74. The molecule has 0 spiro atoms. The molecule has 0 heterocycles. The van der Waals surface area contributed by atoms with Crippen LogP contribution in [0.3, 0.4) is 0 Å². The molecule has 2 aliphatic carbocycles. The molecule has 0 amide bonds. The monoisotopic (exact) mass is 428 g/mol. The SMILES string of the molecule is C[SiH](C)[CH2][Zr]([Cl])([CH]1C=Cc2ccccc21)[CH]1C=Cc2ccccc21. The van der Waals surface area contributed by atoms with Crippen LogP contribution in [-0.4, -0.2) is 8.80 Å². The molecule has 0 fully saturated rings. The summed E-state index contributed by atoms with van der Waals surface area (Å²) in [4.78, 5) is 0. The van der Waals surface area contributed by atoms with Crippen molar-refractivity contribution in [1.29, 1.82) is 0 Å². The van der Waals surface area contributed by atoms with E-state index >= 15 is 0 Å². The van der Waals surface area contributed by atoms with E-state index in [1.54, 1.807) is 0 Å². The Labute approximate surface area is 154 Å². The number of hydrogen-bond donors (Lipinski definition) is 0. The maximum atomic E-state index is 7.74. The van der Waals surface area contributed by atoms with E-state index < -0.39 is 27.9 Å². The van der Waals surface area contributed by atoms with Gasteiger partial charge < -0.3 is 0 Å². The number of hydrogen-bond acceptors (Lipinski definition) is 0. The quantitative estimate of drug-likeness (QED) is 0.502. The van der Waals surface area contributed by atoms with Crippen LogP contribution in [0.15, 0.2) is 60.7 Å². The molecule has 0 bridgehead atoms. The zero-order chi connectivity index (χ0) is 16.7. The topological polar surface area (TPSA) is 0 Å². The summed E-state index contributed by atoms with van der Waals surface area (Å²) in [6, 6.07) is 17.7. The van der Waals surface area contributed by atoms with Crippen LogP contribution in [0.2, 0.25) is 16.8 Å². The summed E-state index contributed by atoms with van der Waals surface area (Å²) in [6.45, 7) is 4.92. The van der Waals surface area contributed by atoms with E-state index in [0.29, 0.717) is 7.25 Å². The third-order valence-electron chi connectivity index (χ3n) is 5.35. The van der Waals surface area contributed by atoms with Crippen LogP contribution < -0.4 is 0 Å². The van der Waals surface area contributed by atoms with Gasteiger partial charge in [-0.05, 0) is 0 Å². The standard InChI is InChI=1S/2C9H7.C3H9Si.ClH.Zr/c2*1-2-5-9-7-3-6-8(9)4-1;1-4(2)3;;/h2*1-7H;4H,1H2,2-3H3;1H;/q;;;;+1/p-1. The predicted octanol–water partition coefficient (Wildman–Crippen LogP) is 6.27. The van der Waals surface area contributed by atoms with Gasteiger partial charge in [-0.25, -0.2) is 0 Å². The molecule has 0 aliphatic heterocycles. The molecule has 0 aromatic heterocycles. The van der Waals surface area contributed by atoms with E-state index in [1.807, 2.05) is 0 Å². The summed E-state index contributed by atoms with van der Waals surface area (Å²) in [7, 11) is 7.00. The summed E-state index contributed by atoms with van der Waals surface area (Å²) in [6.07, 6.45) is 9.47. The Balaban J connectivity index is 1.81. The summed E-state index contributed by atoms with van der Waals surface area (Å²) >= 11 is -3.02. The number of fused-ring (bicyclic) bond motifs is 2. The number of halogens is 1. The first-order chi connectivity index (χ1) is 11.6. The van der Waals surface area contributed by atoms with Gasteiger partial charge in [0.15, 0.2) is 0 Å². The molecule has 0 N–H and O–H groups in total. The van der Waals surface area contributed by atoms with Gasteiger partial charge in [0.2, 0.25) is 0 Å². The van der Waals surface area contributed by atoms with Gasteiger partial charge in [-0.1, -0.05) is 0 Å². The molecule has 24 heavy (non-hydrogen) atoms. The van der Waals surface area contributed by atoms with Gasteiger partial charge in [0.1, 0.15) is 0 Å². The zero-order valence-electron chi connectivity index (χ0n) is 14.2. The Morgan fingerprint density at radius 1 is 0.833 bits per heavy atom. The second kappa shape index (κ2) is 6.56. The number of benzene rings is 2. The van der Waals surface area contributed by atoms with Crippen LogP contribution in [0.4, 0.5) is 0 Å². The van der Waals surface area contributed by atoms with Crippen molar-refractivity contribution in [3.05, 3.63) is 82.9 Å². The normalized spacial score (nSPS) is 23.3. The Bertz CT molecular complexity index is 763. The van der Waals surface area contributed by atoms with E-state index in [-0.39, 0.29) is 0 Å². The van der Waals surface area contributed by atoms with Crippen LogP contribution in [0.5, 0.6) is 0 Å². The van der Waals surface area contributed by atoms with Crippen molar-refractivity contribution in [2.45, 2.75) is 24.1 Å². The molecule has 2 aromatic carbocycles. The first-order valence-corrected chi connectivity index (χ1v) is 19.7. The molecule has 122 valence electrons. The first-order valence-electron chi connectivity index (χ1n) is 8.83. The van der Waals surface area contributed by atoms with Crippen LogP contribution >= 0.6 is 8.51 Å². The van der Waals surface area contributed by atoms with Gasteiger partial charge in [-0.3, -0.25) is 0 Å². The van der Waals surface area contributed by atoms with Gasteiger partial charge in [0.05, 0.1) is 0 Å². The van der Waals surface area contributed by atoms with Gasteiger partial charge in [-0.2, -0.15) is 0 Å². The molecule has 4 rings (SSSR count). The van der Waals surface area contributed by atoms with Gasteiger partial charge >= 0.3 is 156 Å². The van der Waals surface area contributed by atoms with Crippen LogP contribution in [-0.2, 0) is 19.1 Å². The van der Waals surface area contributed by atoms with Crippen molar-refractivity contribution in [3.8, 4) is 0 Å².